The molecule has 36 heteroatoms. The van der Waals surface area contributed by atoms with Crippen LogP contribution < -0.4 is 0 Å². The number of esters is 2. The first kappa shape index (κ1) is 61.3. The topological polar surface area (TPSA) is 52.6 Å². The maximum Gasteiger partial charge on any atom is 0.460 e. The van der Waals surface area contributed by atoms with Gasteiger partial charge in [0.25, 0.3) is 0 Å². The van der Waals surface area contributed by atoms with Crippen molar-refractivity contribution >= 4 is 11.9 Å². The molecular formula is C27H18F32O4. The molecule has 0 aromatic carbocycles. The van der Waals surface area contributed by atoms with Crippen LogP contribution in [0.25, 0.3) is 0 Å². The number of carbonyl (C=O) groups excluding carboxylic acids is 2. The van der Waals surface area contributed by atoms with Gasteiger partial charge in [0.1, 0.15) is 0 Å². The third-order valence-electron chi connectivity index (χ3n) is 7.24. The van der Waals surface area contributed by atoms with Gasteiger partial charge in [0.05, 0.1) is 26.1 Å². The Bertz CT molecular complexity index is 1630. The Morgan fingerprint density at radius 1 is 0.333 bits per heavy atom. The highest BCUT2D eigenvalue weighted by Crippen LogP contribution is 2.66. The molecule has 0 fully saturated rings. The normalized spacial score (nSPS) is 15.3. The van der Waals surface area contributed by atoms with E-state index in [9.17, 15) is 150 Å². The molecule has 0 radical (unpaired) electrons. The minimum absolute atomic E-state index is 0.407. The predicted octanol–water partition coefficient (Wildman–Crippen LogP) is 12.4. The second-order valence-corrected chi connectivity index (χ2v) is 12.1. The van der Waals surface area contributed by atoms with Gasteiger partial charge in [-0.2, -0.15) is 136 Å². The first-order chi connectivity index (χ1) is 26.9. The summed E-state index contributed by atoms with van der Waals surface area (Å²) in [6.45, 7) is 3.69. The van der Waals surface area contributed by atoms with E-state index in [1.807, 2.05) is 0 Å². The molecule has 0 aliphatic carbocycles. The summed E-state index contributed by atoms with van der Waals surface area (Å²) in [6, 6.07) is 0. The summed E-state index contributed by atoms with van der Waals surface area (Å²) < 4.78 is 424. The summed E-state index contributed by atoms with van der Waals surface area (Å²) in [5, 5.41) is 0. The van der Waals surface area contributed by atoms with Gasteiger partial charge in [0, 0.05) is 11.1 Å². The minimum atomic E-state index is -9.21. The van der Waals surface area contributed by atoms with Crippen LogP contribution in [0.1, 0.15) is 26.7 Å². The van der Waals surface area contributed by atoms with Crippen molar-refractivity contribution in [3.8, 4) is 0 Å². The lowest BCUT2D eigenvalue weighted by Gasteiger charge is -2.44. The van der Waals surface area contributed by atoms with Crippen molar-refractivity contribution < 1.29 is 160 Å². The summed E-state index contributed by atoms with van der Waals surface area (Å²) in [5.41, 5.74) is -8.59. The van der Waals surface area contributed by atoms with Gasteiger partial charge in [-0.25, -0.2) is 14.0 Å². The molecule has 0 amide bonds. The van der Waals surface area contributed by atoms with E-state index in [1.54, 1.807) is 0 Å². The number of alkyl halides is 32. The molecule has 0 heterocycles. The van der Waals surface area contributed by atoms with Crippen LogP contribution in [0.4, 0.5) is 140 Å². The molecule has 63 heavy (non-hydrogen) atoms. The third-order valence-corrected chi connectivity index (χ3v) is 7.24. The zero-order valence-electron chi connectivity index (χ0n) is 29.5. The van der Waals surface area contributed by atoms with Gasteiger partial charge in [-0.3, -0.25) is 0 Å². The molecule has 0 spiro atoms. The summed E-state index contributed by atoms with van der Waals surface area (Å²) in [6.07, 6.45) is -28.3. The Kier molecular flexibility index (Phi) is 17.0. The highest BCUT2D eigenvalue weighted by atomic mass is 19.4. The van der Waals surface area contributed by atoms with E-state index >= 15 is 0 Å². The molecule has 4 nitrogen and oxygen atoms in total. The average Bonchev–Trinajstić information content (AvgIpc) is 3.05. The van der Waals surface area contributed by atoms with Crippen molar-refractivity contribution in [3.63, 3.8) is 0 Å². The molecule has 0 saturated carbocycles. The average molecular weight is 1010 g/mol. The number of rotatable bonds is 18. The van der Waals surface area contributed by atoms with Gasteiger partial charge in [0.15, 0.2) is 0 Å². The van der Waals surface area contributed by atoms with Crippen molar-refractivity contribution in [2.24, 2.45) is 0 Å². The van der Waals surface area contributed by atoms with Gasteiger partial charge >= 0.3 is 101 Å². The zero-order chi connectivity index (χ0) is 52.1. The lowest BCUT2D eigenvalue weighted by atomic mass is 9.86. The van der Waals surface area contributed by atoms with E-state index in [2.05, 4.69) is 22.6 Å². The van der Waals surface area contributed by atoms with E-state index < -0.39 is 138 Å². The predicted molar refractivity (Wildman–Crippen MR) is 137 cm³/mol. The van der Waals surface area contributed by atoms with Crippen LogP contribution in [0.5, 0.6) is 0 Å². The fourth-order valence-electron chi connectivity index (χ4n) is 3.46. The molecule has 0 aromatic heterocycles. The van der Waals surface area contributed by atoms with E-state index in [0.717, 1.165) is 13.8 Å². The van der Waals surface area contributed by atoms with Gasteiger partial charge in [-0.15, -0.1) is 0 Å². The van der Waals surface area contributed by atoms with E-state index in [4.69, 9.17) is 0 Å². The maximum absolute atomic E-state index is 13.6. The number of ether oxygens (including phenoxy) is 2. The van der Waals surface area contributed by atoms with Crippen LogP contribution in [0.2, 0.25) is 0 Å². The van der Waals surface area contributed by atoms with Crippen LogP contribution in [-0.2, 0) is 19.1 Å². The Labute approximate surface area is 326 Å². The Balaban J connectivity index is 0. The molecule has 0 rings (SSSR count). The van der Waals surface area contributed by atoms with Crippen LogP contribution in [0, 0.1) is 0 Å². The van der Waals surface area contributed by atoms with E-state index in [0.29, 0.717) is 0 Å². The monoisotopic (exact) mass is 1010 g/mol. The second kappa shape index (κ2) is 17.5. The highest BCUT2D eigenvalue weighted by Gasteiger charge is 2.98. The van der Waals surface area contributed by atoms with Crippen LogP contribution >= 0.6 is 0 Å². The fraction of sp³-hybridized carbons (Fsp3) is 0.778. The van der Waals surface area contributed by atoms with Gasteiger partial charge in [-0.1, -0.05) is 13.2 Å². The quantitative estimate of drug-likeness (QED) is 0.0780. The smallest absolute Gasteiger partial charge is 0.460 e. The molecule has 0 saturated heterocycles. The molecule has 0 N–H and O–H groups in total. The first-order valence-electron chi connectivity index (χ1n) is 14.6. The first-order valence-corrected chi connectivity index (χ1v) is 14.6. The van der Waals surface area contributed by atoms with Crippen molar-refractivity contribution in [1.29, 1.82) is 0 Å². The molecule has 0 aromatic rings. The second-order valence-electron chi connectivity index (χ2n) is 12.1. The van der Waals surface area contributed by atoms with Gasteiger partial charge in [0.2, 0.25) is 0 Å². The third kappa shape index (κ3) is 10.0. The summed E-state index contributed by atoms with van der Waals surface area (Å²) in [7, 11) is 0. The Morgan fingerprint density at radius 2 is 0.540 bits per heavy atom. The van der Waals surface area contributed by atoms with Crippen LogP contribution in [0.3, 0.4) is 0 Å². The summed E-state index contributed by atoms with van der Waals surface area (Å²) >= 11 is 0. The van der Waals surface area contributed by atoms with E-state index in [1.165, 1.54) is 0 Å². The molecule has 0 bridgehead atoms. The van der Waals surface area contributed by atoms with Crippen LogP contribution in [-0.4, -0.2) is 114 Å². The lowest BCUT2D eigenvalue weighted by molar-refractivity contribution is -0.474. The van der Waals surface area contributed by atoms with E-state index in [-0.39, 0.29) is 0 Å². The minimum Gasteiger partial charge on any atom is -0.462 e. The van der Waals surface area contributed by atoms with Crippen molar-refractivity contribution in [3.05, 3.63) is 24.3 Å². The van der Waals surface area contributed by atoms with Gasteiger partial charge < -0.3 is 9.47 Å². The van der Waals surface area contributed by atoms with Gasteiger partial charge in [-0.05, 0) is 13.8 Å². The maximum atomic E-state index is 13.6. The molecule has 0 atom stereocenters. The number of hydrogen-bond donors (Lipinski definition) is 0. The Hall–Kier alpha value is -3.82. The summed E-state index contributed by atoms with van der Waals surface area (Å²) in [4.78, 5) is 21.7. The molecule has 0 unspecified atom stereocenters. The molecular weight excluding hydrogens is 996 g/mol. The molecule has 374 valence electrons. The highest BCUT2D eigenvalue weighted by molar-refractivity contribution is 5.87. The number of hydrogen-bond acceptors (Lipinski definition) is 4. The SMILES string of the molecule is C=C(C)C(=O)OCCC(F)(F)C(F)(F)C(F)(C(F)(F)F)C(F)(F)F.C=C(C)C(=O)OCCC(F)(F)C(F)(F)C(F)(F)C(F)(F)C(F)(F)C(F)(F)C(F)(F)C(F)(F)C(F)(F)C(F)(F)F. The van der Waals surface area contributed by atoms with Crippen LogP contribution in [0.15, 0.2) is 24.3 Å². The standard InChI is InChI=1S/C16H9F21O2.C11H9F11O2/c1-5(2)6(38)39-4-3-7(17,18)8(19,20)9(21,22)10(23,24)11(25,26)12(27,28)13(29,30)14(31,32)15(33,34)16(35,36)37;1-5(2)6(23)24-4-3-7(12,13)9(15,16)8(14,10(17,18)19)11(20,21)22/h1,3-4H2,2H3;1,3-4H2,2H3. The molecule has 0 aliphatic rings. The summed E-state index contributed by atoms with van der Waals surface area (Å²) in [5.74, 6) is -94.0. The zero-order valence-corrected chi connectivity index (χ0v) is 29.5. The number of carbonyl (C=O) groups is 2. The fourth-order valence-corrected chi connectivity index (χ4v) is 3.46. The largest absolute Gasteiger partial charge is 0.462 e. The van der Waals surface area contributed by atoms with Crippen molar-refractivity contribution in [2.45, 2.75) is 116 Å². The molecule has 0 aliphatic heterocycles. The van der Waals surface area contributed by atoms with Crippen molar-refractivity contribution in [1.82, 2.24) is 0 Å². The lowest BCUT2D eigenvalue weighted by Crippen LogP contribution is -2.76. The van der Waals surface area contributed by atoms with Crippen molar-refractivity contribution in [2.75, 3.05) is 13.2 Å². The Morgan fingerprint density at radius 3 is 0.746 bits per heavy atom. The number of halogens is 32.